The van der Waals surface area contributed by atoms with Gasteiger partial charge in [-0.15, -0.1) is 0 Å². The highest BCUT2D eigenvalue weighted by Crippen LogP contribution is 2.19. The monoisotopic (exact) mass is 373 g/mol. The fourth-order valence-electron chi connectivity index (χ4n) is 2.45. The number of amides is 1. The summed E-state index contributed by atoms with van der Waals surface area (Å²) in [6.45, 7) is 5.36. The van der Waals surface area contributed by atoms with E-state index < -0.39 is 0 Å². The van der Waals surface area contributed by atoms with Crippen molar-refractivity contribution in [3.8, 4) is 5.75 Å². The smallest absolute Gasteiger partial charge is 0.287 e. The number of halogens is 1. The molecule has 0 spiro atoms. The van der Waals surface area contributed by atoms with E-state index >= 15 is 0 Å². The third-order valence-corrected chi connectivity index (χ3v) is 4.11. The highest BCUT2D eigenvalue weighted by Gasteiger charge is 2.13. The van der Waals surface area contributed by atoms with Gasteiger partial charge in [0.15, 0.2) is 5.76 Å². The highest BCUT2D eigenvalue weighted by atomic mass is 35.5. The van der Waals surface area contributed by atoms with Crippen molar-refractivity contribution in [3.05, 3.63) is 70.4 Å². The molecule has 26 heavy (non-hydrogen) atoms. The molecule has 0 unspecified atom stereocenters. The van der Waals surface area contributed by atoms with E-state index in [9.17, 15) is 4.79 Å². The Hall–Kier alpha value is -2.73. The van der Waals surface area contributed by atoms with Gasteiger partial charge in [0.1, 0.15) is 18.1 Å². The zero-order valence-corrected chi connectivity index (χ0v) is 15.4. The standard InChI is InChI=1S/C19H20ClN3O3/c1-3-23-11-14(13(2)22-23)10-21-19(24)18-8-7-17(26-18)12-25-16-6-4-5-15(20)9-16/h4-9,11H,3,10,12H2,1-2H3,(H,21,24). The Bertz CT molecular complexity index is 901. The predicted octanol–water partition coefficient (Wildman–Crippen LogP) is 3.97. The van der Waals surface area contributed by atoms with Gasteiger partial charge in [-0.3, -0.25) is 9.48 Å². The number of furan rings is 1. The van der Waals surface area contributed by atoms with E-state index in [1.165, 1.54) is 0 Å². The van der Waals surface area contributed by atoms with Crippen LogP contribution in [0.5, 0.6) is 5.75 Å². The summed E-state index contributed by atoms with van der Waals surface area (Å²) in [7, 11) is 0. The highest BCUT2D eigenvalue weighted by molar-refractivity contribution is 6.30. The minimum absolute atomic E-state index is 0.218. The van der Waals surface area contributed by atoms with E-state index in [2.05, 4.69) is 10.4 Å². The van der Waals surface area contributed by atoms with Crippen LogP contribution in [0, 0.1) is 6.92 Å². The molecule has 0 aliphatic rings. The molecule has 0 atom stereocenters. The Morgan fingerprint density at radius 1 is 1.35 bits per heavy atom. The van der Waals surface area contributed by atoms with E-state index in [0.29, 0.717) is 23.1 Å². The number of carbonyl (C=O) groups excluding carboxylic acids is 1. The lowest BCUT2D eigenvalue weighted by atomic mass is 10.2. The number of nitrogens with zero attached hydrogens (tertiary/aromatic N) is 2. The van der Waals surface area contributed by atoms with Gasteiger partial charge in [0.2, 0.25) is 0 Å². The number of aryl methyl sites for hydroxylation is 2. The van der Waals surface area contributed by atoms with Gasteiger partial charge in [0, 0.05) is 29.9 Å². The second kappa shape index (κ2) is 8.10. The quantitative estimate of drug-likeness (QED) is 0.680. The van der Waals surface area contributed by atoms with Gasteiger partial charge in [-0.1, -0.05) is 17.7 Å². The van der Waals surface area contributed by atoms with Crippen LogP contribution in [-0.2, 0) is 19.7 Å². The van der Waals surface area contributed by atoms with Crippen LogP contribution in [0.4, 0.5) is 0 Å². The summed E-state index contributed by atoms with van der Waals surface area (Å²) in [6.07, 6.45) is 1.93. The van der Waals surface area contributed by atoms with Crippen molar-refractivity contribution in [2.24, 2.45) is 0 Å². The molecular formula is C19H20ClN3O3. The van der Waals surface area contributed by atoms with Gasteiger partial charge >= 0.3 is 0 Å². The van der Waals surface area contributed by atoms with Crippen LogP contribution < -0.4 is 10.1 Å². The molecule has 2 aromatic heterocycles. The Morgan fingerprint density at radius 2 is 2.19 bits per heavy atom. The maximum atomic E-state index is 12.2. The van der Waals surface area contributed by atoms with Crippen molar-refractivity contribution in [2.75, 3.05) is 0 Å². The second-order valence-electron chi connectivity index (χ2n) is 5.79. The average Bonchev–Trinajstić information content (AvgIpc) is 3.24. The number of hydrogen-bond donors (Lipinski definition) is 1. The molecule has 0 aliphatic heterocycles. The van der Waals surface area contributed by atoms with Crippen molar-refractivity contribution in [1.29, 1.82) is 0 Å². The summed E-state index contributed by atoms with van der Waals surface area (Å²) >= 11 is 5.92. The number of carbonyl (C=O) groups is 1. The molecule has 0 saturated carbocycles. The molecule has 0 bridgehead atoms. The first-order chi connectivity index (χ1) is 12.5. The zero-order valence-electron chi connectivity index (χ0n) is 14.7. The molecule has 0 fully saturated rings. The van der Waals surface area contributed by atoms with Crippen molar-refractivity contribution < 1.29 is 13.9 Å². The molecular weight excluding hydrogens is 354 g/mol. The summed E-state index contributed by atoms with van der Waals surface area (Å²) in [4.78, 5) is 12.2. The van der Waals surface area contributed by atoms with Crippen molar-refractivity contribution in [1.82, 2.24) is 15.1 Å². The topological polar surface area (TPSA) is 69.3 Å². The average molecular weight is 374 g/mol. The molecule has 1 N–H and O–H groups in total. The summed E-state index contributed by atoms with van der Waals surface area (Å²) in [5.74, 6) is 1.17. The molecule has 136 valence electrons. The van der Waals surface area contributed by atoms with Crippen molar-refractivity contribution >= 4 is 17.5 Å². The molecule has 3 rings (SSSR count). The third-order valence-electron chi connectivity index (χ3n) is 3.87. The van der Waals surface area contributed by atoms with Crippen LogP contribution >= 0.6 is 11.6 Å². The second-order valence-corrected chi connectivity index (χ2v) is 6.23. The van der Waals surface area contributed by atoms with Crippen LogP contribution in [-0.4, -0.2) is 15.7 Å². The van der Waals surface area contributed by atoms with Crippen LogP contribution in [0.3, 0.4) is 0 Å². The fraction of sp³-hybridized carbons (Fsp3) is 0.263. The number of benzene rings is 1. The third kappa shape index (κ3) is 4.46. The van der Waals surface area contributed by atoms with E-state index in [1.807, 2.05) is 24.7 Å². The molecule has 1 amide bonds. The van der Waals surface area contributed by atoms with E-state index in [1.54, 1.807) is 36.4 Å². The lowest BCUT2D eigenvalue weighted by molar-refractivity contribution is 0.0919. The van der Waals surface area contributed by atoms with Crippen molar-refractivity contribution in [2.45, 2.75) is 33.5 Å². The summed E-state index contributed by atoms with van der Waals surface area (Å²) in [6, 6.07) is 10.5. The Balaban J connectivity index is 1.54. The maximum absolute atomic E-state index is 12.2. The molecule has 0 radical (unpaired) electrons. The Morgan fingerprint density at radius 3 is 2.92 bits per heavy atom. The van der Waals surface area contributed by atoms with Crippen LogP contribution in [0.25, 0.3) is 0 Å². The largest absolute Gasteiger partial charge is 0.486 e. The van der Waals surface area contributed by atoms with Crippen LogP contribution in [0.15, 0.2) is 47.0 Å². The summed E-state index contributed by atoms with van der Waals surface area (Å²) < 4.78 is 13.0. The maximum Gasteiger partial charge on any atom is 0.287 e. The first-order valence-electron chi connectivity index (χ1n) is 8.33. The van der Waals surface area contributed by atoms with Gasteiger partial charge in [-0.05, 0) is 44.2 Å². The molecule has 1 aromatic carbocycles. The summed E-state index contributed by atoms with van der Waals surface area (Å²) in [5.41, 5.74) is 1.89. The molecule has 0 aliphatic carbocycles. The van der Waals surface area contributed by atoms with Crippen molar-refractivity contribution in [3.63, 3.8) is 0 Å². The number of hydrogen-bond acceptors (Lipinski definition) is 4. The molecule has 2 heterocycles. The Kier molecular flexibility index (Phi) is 5.63. The Labute approximate surface area is 156 Å². The van der Waals surface area contributed by atoms with Crippen LogP contribution in [0.2, 0.25) is 5.02 Å². The minimum atomic E-state index is -0.275. The number of nitrogens with one attached hydrogen (secondary N) is 1. The lowest BCUT2D eigenvalue weighted by Crippen LogP contribution is -2.22. The summed E-state index contributed by atoms with van der Waals surface area (Å²) in [5, 5.41) is 7.80. The first-order valence-corrected chi connectivity index (χ1v) is 8.71. The number of ether oxygens (including phenoxy) is 1. The van der Waals surface area contributed by atoms with Gasteiger partial charge in [0.25, 0.3) is 5.91 Å². The molecule has 6 nitrogen and oxygen atoms in total. The van der Waals surface area contributed by atoms with Gasteiger partial charge in [0.05, 0.1) is 5.69 Å². The lowest BCUT2D eigenvalue weighted by Gasteiger charge is -2.04. The van der Waals surface area contributed by atoms with Gasteiger partial charge in [-0.25, -0.2) is 0 Å². The van der Waals surface area contributed by atoms with E-state index in [0.717, 1.165) is 17.8 Å². The first kappa shape index (κ1) is 18.1. The van der Waals surface area contributed by atoms with E-state index in [4.69, 9.17) is 20.8 Å². The SMILES string of the molecule is CCn1cc(CNC(=O)c2ccc(COc3cccc(Cl)c3)o2)c(C)n1. The predicted molar refractivity (Wildman–Crippen MR) is 98.3 cm³/mol. The zero-order chi connectivity index (χ0) is 18.5. The molecule has 0 saturated heterocycles. The fourth-order valence-corrected chi connectivity index (χ4v) is 2.63. The molecule has 7 heteroatoms. The minimum Gasteiger partial charge on any atom is -0.486 e. The molecule has 3 aromatic rings. The van der Waals surface area contributed by atoms with Gasteiger partial charge in [-0.2, -0.15) is 5.10 Å². The van der Waals surface area contributed by atoms with E-state index in [-0.39, 0.29) is 18.3 Å². The van der Waals surface area contributed by atoms with Crippen LogP contribution in [0.1, 0.15) is 34.5 Å². The van der Waals surface area contributed by atoms with Gasteiger partial charge < -0.3 is 14.5 Å². The number of rotatable bonds is 7. The normalized spacial score (nSPS) is 10.7. The number of aromatic nitrogens is 2.